The van der Waals surface area contributed by atoms with E-state index in [1.807, 2.05) is 11.0 Å². The molecule has 0 spiro atoms. The van der Waals surface area contributed by atoms with Crippen LogP contribution in [0.25, 0.3) is 11.6 Å². The molecule has 2 saturated heterocycles. The van der Waals surface area contributed by atoms with Crippen molar-refractivity contribution in [2.45, 2.75) is 57.7 Å². The smallest absolute Gasteiger partial charge is 0.276 e. The standard InChI is InChI=1S/C27H28N6O5/c1-16-29-27(38-31-16)22-9-8-21(13-28-22)37-23-11-17(4-5-18(23)14-32-10-2-3-24(32)34)26(36)30-19-12-25(35)33(15-19)20-6-7-20/h4-5,8-9,11,13,19-20H,2-3,6-7,10,12,14-15H2,1H3,(H,30,36)/t19-/m0/s1. The van der Waals surface area contributed by atoms with Gasteiger partial charge in [0.1, 0.15) is 17.2 Å². The summed E-state index contributed by atoms with van der Waals surface area (Å²) in [5.74, 6) is 1.67. The van der Waals surface area contributed by atoms with Gasteiger partial charge in [-0.1, -0.05) is 11.2 Å². The van der Waals surface area contributed by atoms with Crippen LogP contribution < -0.4 is 10.1 Å². The van der Waals surface area contributed by atoms with Gasteiger partial charge in [-0.05, 0) is 50.5 Å². The largest absolute Gasteiger partial charge is 0.455 e. The van der Waals surface area contributed by atoms with Crippen LogP contribution in [0.2, 0.25) is 0 Å². The molecule has 6 rings (SSSR count). The molecule has 0 radical (unpaired) electrons. The molecule has 3 aromatic rings. The number of ether oxygens (including phenoxy) is 1. The van der Waals surface area contributed by atoms with Crippen molar-refractivity contribution in [1.29, 1.82) is 0 Å². The maximum atomic E-state index is 13.1. The maximum Gasteiger partial charge on any atom is 0.276 e. The molecule has 2 aliphatic heterocycles. The molecule has 1 N–H and O–H groups in total. The molecule has 1 atom stereocenters. The predicted octanol–water partition coefficient (Wildman–Crippen LogP) is 2.85. The Bertz CT molecular complexity index is 1380. The molecule has 3 aliphatic rings. The summed E-state index contributed by atoms with van der Waals surface area (Å²) in [7, 11) is 0. The van der Waals surface area contributed by atoms with Gasteiger partial charge in [0.15, 0.2) is 5.82 Å². The Balaban J connectivity index is 1.21. The number of amides is 3. The molecular weight excluding hydrogens is 488 g/mol. The monoisotopic (exact) mass is 516 g/mol. The first-order chi connectivity index (χ1) is 18.4. The van der Waals surface area contributed by atoms with Gasteiger partial charge in [0, 0.05) is 49.6 Å². The molecule has 38 heavy (non-hydrogen) atoms. The van der Waals surface area contributed by atoms with Gasteiger partial charge >= 0.3 is 0 Å². The third kappa shape index (κ3) is 5.09. The minimum atomic E-state index is -0.269. The first-order valence-corrected chi connectivity index (χ1v) is 12.9. The molecule has 0 bridgehead atoms. The molecule has 1 saturated carbocycles. The van der Waals surface area contributed by atoms with Gasteiger partial charge in [-0.15, -0.1) is 0 Å². The van der Waals surface area contributed by atoms with Gasteiger partial charge in [-0.3, -0.25) is 14.4 Å². The molecule has 3 fully saturated rings. The fraction of sp³-hybridized carbons (Fsp3) is 0.407. The van der Waals surface area contributed by atoms with Crippen molar-refractivity contribution < 1.29 is 23.6 Å². The molecule has 196 valence electrons. The molecule has 1 aliphatic carbocycles. The highest BCUT2D eigenvalue weighted by Crippen LogP contribution is 2.32. The Hall–Kier alpha value is -4.28. The van der Waals surface area contributed by atoms with Gasteiger partial charge in [-0.2, -0.15) is 4.98 Å². The second-order valence-corrected chi connectivity index (χ2v) is 10.0. The zero-order valence-electron chi connectivity index (χ0n) is 21.1. The summed E-state index contributed by atoms with van der Waals surface area (Å²) < 4.78 is 11.3. The van der Waals surface area contributed by atoms with Crippen molar-refractivity contribution in [3.05, 3.63) is 53.5 Å². The number of benzene rings is 1. The molecule has 0 unspecified atom stereocenters. The first-order valence-electron chi connectivity index (χ1n) is 12.9. The van der Waals surface area contributed by atoms with Crippen molar-refractivity contribution in [3.63, 3.8) is 0 Å². The quantitative estimate of drug-likeness (QED) is 0.484. The van der Waals surface area contributed by atoms with Crippen LogP contribution in [0.4, 0.5) is 0 Å². The van der Waals surface area contributed by atoms with E-state index in [9.17, 15) is 14.4 Å². The van der Waals surface area contributed by atoms with Crippen LogP contribution in [-0.2, 0) is 16.1 Å². The van der Waals surface area contributed by atoms with Crippen LogP contribution in [0.1, 0.15) is 53.8 Å². The maximum absolute atomic E-state index is 13.1. The molecule has 3 amide bonds. The summed E-state index contributed by atoms with van der Waals surface area (Å²) in [6, 6.07) is 8.78. The number of carbonyl (C=O) groups is 3. The lowest BCUT2D eigenvalue weighted by molar-refractivity contribution is -0.129. The molecule has 2 aromatic heterocycles. The number of pyridine rings is 1. The van der Waals surface area contributed by atoms with Crippen LogP contribution in [0.3, 0.4) is 0 Å². The highest BCUT2D eigenvalue weighted by atomic mass is 16.5. The number of likely N-dealkylation sites (tertiary alicyclic amines) is 2. The number of rotatable bonds is 8. The van der Waals surface area contributed by atoms with Crippen molar-refractivity contribution in [2.24, 2.45) is 0 Å². The van der Waals surface area contributed by atoms with Crippen molar-refractivity contribution >= 4 is 17.7 Å². The van der Waals surface area contributed by atoms with Crippen LogP contribution in [0.5, 0.6) is 11.5 Å². The van der Waals surface area contributed by atoms with E-state index in [0.717, 1.165) is 24.8 Å². The number of aryl methyl sites for hydroxylation is 1. The molecule has 11 heteroatoms. The van der Waals surface area contributed by atoms with E-state index >= 15 is 0 Å². The summed E-state index contributed by atoms with van der Waals surface area (Å²) in [5.41, 5.74) is 1.71. The second-order valence-electron chi connectivity index (χ2n) is 10.0. The molecule has 1 aromatic carbocycles. The Morgan fingerprint density at radius 2 is 2.05 bits per heavy atom. The number of aromatic nitrogens is 3. The summed E-state index contributed by atoms with van der Waals surface area (Å²) in [5, 5.41) is 6.78. The van der Waals surface area contributed by atoms with Gasteiger partial charge < -0.3 is 24.4 Å². The third-order valence-electron chi connectivity index (χ3n) is 7.05. The average molecular weight is 517 g/mol. The van der Waals surface area contributed by atoms with Crippen LogP contribution in [-0.4, -0.2) is 67.8 Å². The van der Waals surface area contributed by atoms with Gasteiger partial charge in [0.25, 0.3) is 11.8 Å². The van der Waals surface area contributed by atoms with Crippen LogP contribution in [0, 0.1) is 6.92 Å². The summed E-state index contributed by atoms with van der Waals surface area (Å²) >= 11 is 0. The highest BCUT2D eigenvalue weighted by Gasteiger charge is 2.39. The third-order valence-corrected chi connectivity index (χ3v) is 7.05. The highest BCUT2D eigenvalue weighted by molar-refractivity contribution is 5.95. The lowest BCUT2D eigenvalue weighted by Gasteiger charge is -2.19. The van der Waals surface area contributed by atoms with Gasteiger partial charge in [-0.25, -0.2) is 4.98 Å². The molecular formula is C27H28N6O5. The summed E-state index contributed by atoms with van der Waals surface area (Å²) in [4.78, 5) is 49.9. The van der Waals surface area contributed by atoms with E-state index in [1.54, 1.807) is 42.3 Å². The Morgan fingerprint density at radius 1 is 1.18 bits per heavy atom. The van der Waals surface area contributed by atoms with E-state index in [4.69, 9.17) is 9.26 Å². The fourth-order valence-corrected chi connectivity index (χ4v) is 4.93. The van der Waals surface area contributed by atoms with Gasteiger partial charge in [0.2, 0.25) is 11.8 Å². The first kappa shape index (κ1) is 24.1. The lowest BCUT2D eigenvalue weighted by atomic mass is 10.1. The zero-order valence-corrected chi connectivity index (χ0v) is 21.1. The molecule has 4 heterocycles. The van der Waals surface area contributed by atoms with E-state index in [1.165, 1.54) is 0 Å². The SMILES string of the molecule is Cc1noc(-c2ccc(Oc3cc(C(=O)N[C@H]4CC(=O)N(C5CC5)C4)ccc3CN3CCCC3=O)cn2)n1. The lowest BCUT2D eigenvalue weighted by Crippen LogP contribution is -2.37. The minimum Gasteiger partial charge on any atom is -0.455 e. The van der Waals surface area contributed by atoms with E-state index in [-0.39, 0.29) is 23.8 Å². The topological polar surface area (TPSA) is 131 Å². The number of hydrogen-bond acceptors (Lipinski definition) is 8. The predicted molar refractivity (Wildman–Crippen MR) is 134 cm³/mol. The Kier molecular flexibility index (Phi) is 6.26. The van der Waals surface area contributed by atoms with Crippen LogP contribution in [0.15, 0.2) is 41.1 Å². The molecule has 11 nitrogen and oxygen atoms in total. The Morgan fingerprint density at radius 3 is 2.74 bits per heavy atom. The number of carbonyl (C=O) groups excluding carboxylic acids is 3. The summed E-state index contributed by atoms with van der Waals surface area (Å²) in [6.07, 6.45) is 5.31. The van der Waals surface area contributed by atoms with E-state index < -0.39 is 0 Å². The Labute approximate surface area is 219 Å². The summed E-state index contributed by atoms with van der Waals surface area (Å²) in [6.45, 7) is 3.35. The number of nitrogens with one attached hydrogen (secondary N) is 1. The normalized spacial score (nSPS) is 19.3. The van der Waals surface area contributed by atoms with Gasteiger partial charge in [0.05, 0.1) is 12.2 Å². The fourth-order valence-electron chi connectivity index (χ4n) is 4.93. The van der Waals surface area contributed by atoms with E-state index in [2.05, 4.69) is 20.4 Å². The van der Waals surface area contributed by atoms with E-state index in [0.29, 0.717) is 73.0 Å². The minimum absolute atomic E-state index is 0.0964. The van der Waals surface area contributed by atoms with Crippen molar-refractivity contribution in [3.8, 4) is 23.1 Å². The van der Waals surface area contributed by atoms with Crippen molar-refractivity contribution in [2.75, 3.05) is 13.1 Å². The number of nitrogens with zero attached hydrogens (tertiary/aromatic N) is 5. The van der Waals surface area contributed by atoms with Crippen molar-refractivity contribution in [1.82, 2.24) is 30.2 Å². The number of hydrogen-bond donors (Lipinski definition) is 1. The average Bonchev–Trinajstić information content (AvgIpc) is 3.36. The zero-order chi connectivity index (χ0) is 26.2. The second kappa shape index (κ2) is 9.88. The van der Waals surface area contributed by atoms with Crippen LogP contribution >= 0.6 is 0 Å².